The van der Waals surface area contributed by atoms with Crippen molar-refractivity contribution in [2.75, 3.05) is 11.9 Å². The van der Waals surface area contributed by atoms with E-state index in [1.54, 1.807) is 0 Å². The van der Waals surface area contributed by atoms with Crippen LogP contribution in [0.5, 0.6) is 0 Å². The number of aromatic nitrogens is 4. The molecule has 7 heteroatoms. The second-order valence-electron chi connectivity index (χ2n) is 7.33. The maximum Gasteiger partial charge on any atom is 0.206 e. The van der Waals surface area contributed by atoms with Gasteiger partial charge in [-0.3, -0.25) is 4.98 Å². The molecular weight excluding hydrogens is 380 g/mol. The minimum atomic E-state index is 0.0985. The fraction of sp³-hybridized carbons (Fsp3) is 0.273. The van der Waals surface area contributed by atoms with E-state index in [1.165, 1.54) is 16.9 Å². The van der Waals surface area contributed by atoms with E-state index in [0.29, 0.717) is 12.5 Å². The van der Waals surface area contributed by atoms with E-state index in [-0.39, 0.29) is 6.04 Å². The highest BCUT2D eigenvalue weighted by Gasteiger charge is 2.14. The number of anilines is 1. The first-order valence-corrected chi connectivity index (χ1v) is 10.5. The minimum Gasteiger partial charge on any atom is -0.356 e. The molecule has 4 aromatic rings. The lowest BCUT2D eigenvalue weighted by molar-refractivity contribution is 0.721. The Hall–Kier alpha value is -2.90. The van der Waals surface area contributed by atoms with Crippen LogP contribution in [0, 0.1) is 0 Å². The van der Waals surface area contributed by atoms with Gasteiger partial charge in [0.15, 0.2) is 5.01 Å². The summed E-state index contributed by atoms with van der Waals surface area (Å²) in [5.41, 5.74) is 10.1. The van der Waals surface area contributed by atoms with Crippen molar-refractivity contribution in [2.24, 2.45) is 5.73 Å². The molecule has 0 bridgehead atoms. The van der Waals surface area contributed by atoms with Crippen LogP contribution in [-0.4, -0.2) is 32.8 Å². The molecule has 0 unspecified atom stereocenters. The van der Waals surface area contributed by atoms with Crippen molar-refractivity contribution < 1.29 is 0 Å². The smallest absolute Gasteiger partial charge is 0.206 e. The van der Waals surface area contributed by atoms with Gasteiger partial charge in [-0.25, -0.2) is 4.98 Å². The molecule has 0 aliphatic carbocycles. The number of hydrogen-bond donors (Lipinski definition) is 2. The van der Waals surface area contributed by atoms with Gasteiger partial charge >= 0.3 is 0 Å². The third-order valence-corrected chi connectivity index (χ3v) is 5.71. The van der Waals surface area contributed by atoms with Gasteiger partial charge in [-0.1, -0.05) is 55.5 Å². The first kappa shape index (κ1) is 19.4. The molecule has 0 saturated carbocycles. The van der Waals surface area contributed by atoms with Crippen LogP contribution >= 0.6 is 11.3 Å². The number of pyridine rings is 2. The molecule has 0 aliphatic heterocycles. The van der Waals surface area contributed by atoms with Gasteiger partial charge in [0.1, 0.15) is 5.69 Å². The molecule has 0 amide bonds. The van der Waals surface area contributed by atoms with Crippen LogP contribution in [0.15, 0.2) is 54.9 Å². The molecule has 4 rings (SSSR count). The van der Waals surface area contributed by atoms with Crippen LogP contribution in [0.1, 0.15) is 30.9 Å². The van der Waals surface area contributed by atoms with Crippen molar-refractivity contribution in [3.05, 3.63) is 66.0 Å². The van der Waals surface area contributed by atoms with E-state index in [4.69, 9.17) is 10.7 Å². The van der Waals surface area contributed by atoms with Crippen molar-refractivity contribution in [1.82, 2.24) is 20.2 Å². The van der Waals surface area contributed by atoms with E-state index in [1.807, 2.05) is 42.7 Å². The van der Waals surface area contributed by atoms with Gasteiger partial charge < -0.3 is 11.1 Å². The largest absolute Gasteiger partial charge is 0.356 e. The normalized spacial score (nSPS) is 12.4. The summed E-state index contributed by atoms with van der Waals surface area (Å²) in [7, 11) is 0. The number of benzene rings is 1. The summed E-state index contributed by atoms with van der Waals surface area (Å²) in [4.78, 5) is 9.19. The summed E-state index contributed by atoms with van der Waals surface area (Å²) in [5, 5.41) is 14.7. The minimum absolute atomic E-state index is 0.0985. The second kappa shape index (κ2) is 8.63. The Bertz CT molecular complexity index is 1090. The molecule has 0 saturated heterocycles. The maximum absolute atomic E-state index is 5.97. The van der Waals surface area contributed by atoms with Gasteiger partial charge in [-0.15, -0.1) is 10.2 Å². The molecule has 0 aliphatic rings. The monoisotopic (exact) mass is 404 g/mol. The fourth-order valence-corrected chi connectivity index (χ4v) is 4.05. The Labute approximate surface area is 174 Å². The predicted molar refractivity (Wildman–Crippen MR) is 119 cm³/mol. The number of nitrogens with zero attached hydrogens (tertiary/aromatic N) is 4. The quantitative estimate of drug-likeness (QED) is 0.478. The van der Waals surface area contributed by atoms with Crippen LogP contribution in [0.25, 0.3) is 21.6 Å². The molecule has 3 heterocycles. The zero-order valence-electron chi connectivity index (χ0n) is 16.5. The van der Waals surface area contributed by atoms with E-state index < -0.39 is 0 Å². The summed E-state index contributed by atoms with van der Waals surface area (Å²) in [6, 6.07) is 14.4. The summed E-state index contributed by atoms with van der Waals surface area (Å²) < 4.78 is 0. The van der Waals surface area contributed by atoms with Gasteiger partial charge in [-0.05, 0) is 35.6 Å². The molecule has 1 aromatic carbocycles. The third kappa shape index (κ3) is 4.41. The molecule has 3 aromatic heterocycles. The number of fused-ring (bicyclic) bond motifs is 1. The zero-order chi connectivity index (χ0) is 20.2. The summed E-state index contributed by atoms with van der Waals surface area (Å²) in [5.74, 6) is 0.351. The van der Waals surface area contributed by atoms with Crippen molar-refractivity contribution >= 4 is 27.4 Å². The maximum atomic E-state index is 5.97. The second-order valence-corrected chi connectivity index (χ2v) is 8.31. The number of nitrogens with two attached hydrogens (primary N) is 1. The van der Waals surface area contributed by atoms with Crippen LogP contribution in [0.4, 0.5) is 5.13 Å². The molecule has 3 N–H and O–H groups in total. The van der Waals surface area contributed by atoms with Gasteiger partial charge in [0.05, 0.1) is 5.52 Å². The lowest BCUT2D eigenvalue weighted by atomic mass is 10.0. The Kier molecular flexibility index (Phi) is 5.78. The standard InChI is InChI=1S/C22H24N6S/c1-14(2)18-13-24-12-16-8-9-19(26-20(16)18)21-27-28-22(29-21)25-17(11-23)10-15-6-4-3-5-7-15/h3-9,12-14,17H,10-11,23H2,1-2H3,(H,25,28)/t17-/m1/s1. The average molecular weight is 405 g/mol. The molecular formula is C22H24N6S. The van der Waals surface area contributed by atoms with Crippen molar-refractivity contribution in [2.45, 2.75) is 32.2 Å². The lowest BCUT2D eigenvalue weighted by Crippen LogP contribution is -2.30. The molecule has 0 fully saturated rings. The van der Waals surface area contributed by atoms with Crippen LogP contribution < -0.4 is 11.1 Å². The first-order chi connectivity index (χ1) is 14.1. The SMILES string of the molecule is CC(C)c1cncc2ccc(-c3nnc(N[C@@H](CN)Cc4ccccc4)s3)nc12. The highest BCUT2D eigenvalue weighted by atomic mass is 32.1. The van der Waals surface area contributed by atoms with Gasteiger partial charge in [0.2, 0.25) is 5.13 Å². The number of rotatable bonds is 7. The predicted octanol–water partition coefficient (Wildman–Crippen LogP) is 4.25. The highest BCUT2D eigenvalue weighted by Crippen LogP contribution is 2.29. The molecule has 1 atom stereocenters. The van der Waals surface area contributed by atoms with Gasteiger partial charge in [0, 0.05) is 30.4 Å². The van der Waals surface area contributed by atoms with Gasteiger partial charge in [0.25, 0.3) is 0 Å². The molecule has 0 radical (unpaired) electrons. The Balaban J connectivity index is 1.56. The van der Waals surface area contributed by atoms with E-state index in [9.17, 15) is 0 Å². The number of hydrogen-bond acceptors (Lipinski definition) is 7. The topological polar surface area (TPSA) is 89.6 Å². The van der Waals surface area contributed by atoms with E-state index in [0.717, 1.165) is 38.7 Å². The summed E-state index contributed by atoms with van der Waals surface area (Å²) in [6.45, 7) is 4.82. The summed E-state index contributed by atoms with van der Waals surface area (Å²) >= 11 is 1.50. The average Bonchev–Trinajstić information content (AvgIpc) is 3.21. The molecule has 6 nitrogen and oxygen atoms in total. The lowest BCUT2D eigenvalue weighted by Gasteiger charge is -2.15. The zero-order valence-corrected chi connectivity index (χ0v) is 17.4. The van der Waals surface area contributed by atoms with Crippen molar-refractivity contribution in [1.29, 1.82) is 0 Å². The van der Waals surface area contributed by atoms with Gasteiger partial charge in [-0.2, -0.15) is 0 Å². The van der Waals surface area contributed by atoms with E-state index >= 15 is 0 Å². The summed E-state index contributed by atoms with van der Waals surface area (Å²) in [6.07, 6.45) is 4.58. The van der Waals surface area contributed by atoms with Crippen LogP contribution in [0.2, 0.25) is 0 Å². The van der Waals surface area contributed by atoms with Crippen LogP contribution in [-0.2, 0) is 6.42 Å². The third-order valence-electron chi connectivity index (χ3n) is 4.83. The fourth-order valence-electron chi connectivity index (χ4n) is 3.26. The van der Waals surface area contributed by atoms with Crippen LogP contribution in [0.3, 0.4) is 0 Å². The highest BCUT2D eigenvalue weighted by molar-refractivity contribution is 7.18. The van der Waals surface area contributed by atoms with Crippen molar-refractivity contribution in [3.8, 4) is 10.7 Å². The number of nitrogens with one attached hydrogen (secondary N) is 1. The Morgan fingerprint density at radius 2 is 1.86 bits per heavy atom. The molecule has 29 heavy (non-hydrogen) atoms. The molecule has 148 valence electrons. The van der Waals surface area contributed by atoms with Crippen molar-refractivity contribution in [3.63, 3.8) is 0 Å². The van der Waals surface area contributed by atoms with E-state index in [2.05, 4.69) is 46.5 Å². The Morgan fingerprint density at radius 3 is 2.62 bits per heavy atom. The Morgan fingerprint density at radius 1 is 1.03 bits per heavy atom. The first-order valence-electron chi connectivity index (χ1n) is 9.73. The molecule has 0 spiro atoms.